The van der Waals surface area contributed by atoms with Crippen LogP contribution in [-0.4, -0.2) is 6.61 Å². The minimum absolute atomic E-state index is 0.369. The Labute approximate surface area is 208 Å². The third-order valence-corrected chi connectivity index (χ3v) is 8.33. The molecule has 1 aliphatic rings. The van der Waals surface area contributed by atoms with Crippen molar-refractivity contribution in [2.24, 2.45) is 5.92 Å². The van der Waals surface area contributed by atoms with Crippen LogP contribution in [0.25, 0.3) is 0 Å². The molecule has 0 N–H and O–H groups in total. The van der Waals surface area contributed by atoms with Gasteiger partial charge in [-0.25, -0.2) is 0 Å². The van der Waals surface area contributed by atoms with Gasteiger partial charge in [0, 0.05) is 4.90 Å². The maximum Gasteiger partial charge on any atom is 0.120 e. The highest BCUT2D eigenvalue weighted by molar-refractivity contribution is 8.00. The van der Waals surface area contributed by atoms with E-state index in [2.05, 4.69) is 115 Å². The molecule has 4 aromatic carbocycles. The second-order valence-corrected chi connectivity index (χ2v) is 10.5. The normalized spacial score (nSPS) is 14.6. The third kappa shape index (κ3) is 5.08. The lowest BCUT2D eigenvalue weighted by Gasteiger charge is -2.35. The number of thioether (sulfide) groups is 1. The Hall–Kier alpha value is -2.97. The van der Waals surface area contributed by atoms with E-state index >= 15 is 0 Å². The van der Waals surface area contributed by atoms with Gasteiger partial charge in [-0.05, 0) is 53.6 Å². The highest BCUT2D eigenvalue weighted by Gasteiger charge is 2.37. The standard InChI is InChI=1S/C32H32OS/c1-5-14-26(15-6-1)25-33-30-22-13-23-31(24-30)34-32(27-16-7-2-8-17-27,28-18-9-3-10-19-28)29-20-11-4-12-21-29/h2-4,7-13,16-24,26H,1,5-6,14-15,25H2. The van der Waals surface area contributed by atoms with E-state index in [1.165, 1.54) is 53.7 Å². The smallest absolute Gasteiger partial charge is 0.120 e. The van der Waals surface area contributed by atoms with Crippen LogP contribution in [0.3, 0.4) is 0 Å². The average Bonchev–Trinajstić information content (AvgIpc) is 2.93. The van der Waals surface area contributed by atoms with Crippen LogP contribution >= 0.6 is 11.8 Å². The highest BCUT2D eigenvalue weighted by Crippen LogP contribution is 2.51. The summed E-state index contributed by atoms with van der Waals surface area (Å²) in [5.41, 5.74) is 3.81. The predicted molar refractivity (Wildman–Crippen MR) is 144 cm³/mol. The molecule has 34 heavy (non-hydrogen) atoms. The van der Waals surface area contributed by atoms with Gasteiger partial charge in [0.25, 0.3) is 0 Å². The molecule has 1 saturated carbocycles. The summed E-state index contributed by atoms with van der Waals surface area (Å²) in [6.45, 7) is 0.829. The Morgan fingerprint density at radius 1 is 0.618 bits per heavy atom. The van der Waals surface area contributed by atoms with E-state index in [1.54, 1.807) is 0 Å². The van der Waals surface area contributed by atoms with E-state index in [0.29, 0.717) is 5.92 Å². The average molecular weight is 465 g/mol. The van der Waals surface area contributed by atoms with Crippen molar-refractivity contribution in [2.75, 3.05) is 6.61 Å². The number of rotatable bonds is 8. The first-order valence-corrected chi connectivity index (χ1v) is 13.2. The number of benzene rings is 4. The Bertz CT molecular complexity index is 1050. The van der Waals surface area contributed by atoms with Gasteiger partial charge in [-0.15, -0.1) is 11.8 Å². The molecule has 172 valence electrons. The van der Waals surface area contributed by atoms with Crippen LogP contribution in [0.1, 0.15) is 48.8 Å². The molecule has 0 aromatic heterocycles. The van der Waals surface area contributed by atoms with Crippen LogP contribution in [0.15, 0.2) is 120 Å². The van der Waals surface area contributed by atoms with Crippen molar-refractivity contribution in [3.05, 3.63) is 132 Å². The fourth-order valence-electron chi connectivity index (χ4n) is 5.07. The van der Waals surface area contributed by atoms with Gasteiger partial charge >= 0.3 is 0 Å². The summed E-state index contributed by atoms with van der Waals surface area (Å²) in [6.07, 6.45) is 6.67. The molecule has 0 heterocycles. The van der Waals surface area contributed by atoms with Crippen LogP contribution in [-0.2, 0) is 4.75 Å². The van der Waals surface area contributed by atoms with E-state index < -0.39 is 0 Å². The Balaban J connectivity index is 1.53. The lowest BCUT2D eigenvalue weighted by Crippen LogP contribution is -2.25. The molecule has 0 spiro atoms. The minimum atomic E-state index is -0.369. The van der Waals surface area contributed by atoms with Crippen molar-refractivity contribution in [2.45, 2.75) is 41.7 Å². The van der Waals surface area contributed by atoms with Crippen LogP contribution in [0.2, 0.25) is 0 Å². The molecular weight excluding hydrogens is 432 g/mol. The second-order valence-electron chi connectivity index (χ2n) is 9.17. The zero-order chi connectivity index (χ0) is 23.1. The molecule has 0 amide bonds. The summed E-state index contributed by atoms with van der Waals surface area (Å²) < 4.78 is 5.94. The minimum Gasteiger partial charge on any atom is -0.493 e. The summed E-state index contributed by atoms with van der Waals surface area (Å²) in [4.78, 5) is 1.21. The van der Waals surface area contributed by atoms with E-state index in [1.807, 2.05) is 11.8 Å². The van der Waals surface area contributed by atoms with Gasteiger partial charge in [-0.2, -0.15) is 0 Å². The maximum absolute atomic E-state index is 6.30. The van der Waals surface area contributed by atoms with Gasteiger partial charge < -0.3 is 4.74 Å². The maximum atomic E-state index is 6.30. The van der Waals surface area contributed by atoms with Crippen molar-refractivity contribution < 1.29 is 4.74 Å². The van der Waals surface area contributed by atoms with Gasteiger partial charge in [0.15, 0.2) is 0 Å². The van der Waals surface area contributed by atoms with E-state index in [-0.39, 0.29) is 4.75 Å². The van der Waals surface area contributed by atoms with Gasteiger partial charge in [-0.1, -0.05) is 116 Å². The Morgan fingerprint density at radius 2 is 1.15 bits per heavy atom. The number of ether oxygens (including phenoxy) is 1. The van der Waals surface area contributed by atoms with Crippen molar-refractivity contribution in [1.29, 1.82) is 0 Å². The quantitative estimate of drug-likeness (QED) is 0.190. The molecule has 0 aliphatic heterocycles. The summed E-state index contributed by atoms with van der Waals surface area (Å²) in [5, 5.41) is 0. The van der Waals surface area contributed by atoms with E-state index in [4.69, 9.17) is 4.74 Å². The highest BCUT2D eigenvalue weighted by atomic mass is 32.2. The molecule has 0 bridgehead atoms. The number of hydrogen-bond acceptors (Lipinski definition) is 2. The molecule has 1 fully saturated rings. The van der Waals surface area contributed by atoms with Gasteiger partial charge in [-0.3, -0.25) is 0 Å². The number of hydrogen-bond donors (Lipinski definition) is 0. The van der Waals surface area contributed by atoms with Crippen LogP contribution in [0.5, 0.6) is 5.75 Å². The van der Waals surface area contributed by atoms with Gasteiger partial charge in [0.1, 0.15) is 5.75 Å². The fraction of sp³-hybridized carbons (Fsp3) is 0.250. The lowest BCUT2D eigenvalue weighted by atomic mass is 9.84. The molecule has 0 atom stereocenters. The predicted octanol–water partition coefficient (Wildman–Crippen LogP) is 8.73. The molecule has 5 rings (SSSR count). The van der Waals surface area contributed by atoms with E-state index in [0.717, 1.165) is 12.4 Å². The second kappa shape index (κ2) is 11.0. The molecule has 0 radical (unpaired) electrons. The van der Waals surface area contributed by atoms with Crippen LogP contribution < -0.4 is 4.74 Å². The third-order valence-electron chi connectivity index (χ3n) is 6.83. The molecule has 0 saturated heterocycles. The zero-order valence-electron chi connectivity index (χ0n) is 19.6. The van der Waals surface area contributed by atoms with Crippen molar-refractivity contribution in [1.82, 2.24) is 0 Å². The summed E-state index contributed by atoms with van der Waals surface area (Å²) in [7, 11) is 0. The molecule has 4 aromatic rings. The molecule has 2 heteroatoms. The Kier molecular flexibility index (Phi) is 7.36. The van der Waals surface area contributed by atoms with E-state index in [9.17, 15) is 0 Å². The van der Waals surface area contributed by atoms with Crippen molar-refractivity contribution in [3.63, 3.8) is 0 Å². The summed E-state index contributed by atoms with van der Waals surface area (Å²) in [6, 6.07) is 41.2. The fourth-order valence-corrected chi connectivity index (χ4v) is 6.50. The van der Waals surface area contributed by atoms with Crippen molar-refractivity contribution in [3.8, 4) is 5.75 Å². The van der Waals surface area contributed by atoms with Crippen LogP contribution in [0.4, 0.5) is 0 Å². The molecular formula is C32H32OS. The topological polar surface area (TPSA) is 9.23 Å². The first kappa shape index (κ1) is 22.8. The summed E-state index contributed by atoms with van der Waals surface area (Å²) >= 11 is 1.89. The lowest BCUT2D eigenvalue weighted by molar-refractivity contribution is 0.208. The monoisotopic (exact) mass is 464 g/mol. The largest absolute Gasteiger partial charge is 0.493 e. The van der Waals surface area contributed by atoms with Crippen LogP contribution in [0, 0.1) is 5.92 Å². The Morgan fingerprint density at radius 3 is 1.68 bits per heavy atom. The first-order chi connectivity index (χ1) is 16.8. The molecule has 0 unspecified atom stereocenters. The summed E-state index contributed by atoms with van der Waals surface area (Å²) in [5.74, 6) is 1.67. The SMILES string of the molecule is c1ccc(C(Sc2cccc(OCC3CCCCC3)c2)(c2ccccc2)c2ccccc2)cc1. The first-order valence-electron chi connectivity index (χ1n) is 12.4. The van der Waals surface area contributed by atoms with Crippen molar-refractivity contribution >= 4 is 11.8 Å². The zero-order valence-corrected chi connectivity index (χ0v) is 20.4. The molecule has 1 aliphatic carbocycles. The van der Waals surface area contributed by atoms with Gasteiger partial charge in [0.2, 0.25) is 0 Å². The molecule has 1 nitrogen and oxygen atoms in total. The van der Waals surface area contributed by atoms with Gasteiger partial charge in [0.05, 0.1) is 11.4 Å².